The standard InChI is InChI=1S/C13H17FO/c1-4-5-6-13(3,15)11-7-10(2)8-12(14)9-11/h4,7-9,15H,1,5-6H2,2-3H3. The van der Waals surface area contributed by atoms with Gasteiger partial charge in [0.15, 0.2) is 0 Å². The first-order valence-corrected chi connectivity index (χ1v) is 5.06. The van der Waals surface area contributed by atoms with Crippen molar-refractivity contribution in [2.24, 2.45) is 0 Å². The highest BCUT2D eigenvalue weighted by Gasteiger charge is 2.22. The highest BCUT2D eigenvalue weighted by molar-refractivity contribution is 5.28. The summed E-state index contributed by atoms with van der Waals surface area (Å²) in [7, 11) is 0. The molecule has 0 saturated carbocycles. The number of rotatable bonds is 4. The van der Waals surface area contributed by atoms with Crippen molar-refractivity contribution in [2.75, 3.05) is 0 Å². The summed E-state index contributed by atoms with van der Waals surface area (Å²) < 4.78 is 13.1. The summed E-state index contributed by atoms with van der Waals surface area (Å²) in [6, 6.07) is 4.65. The van der Waals surface area contributed by atoms with Crippen molar-refractivity contribution in [2.45, 2.75) is 32.3 Å². The SMILES string of the molecule is C=CCCC(C)(O)c1cc(C)cc(F)c1. The summed E-state index contributed by atoms with van der Waals surface area (Å²) in [6.07, 6.45) is 3.02. The van der Waals surface area contributed by atoms with Gasteiger partial charge in [0.05, 0.1) is 5.60 Å². The fourth-order valence-corrected chi connectivity index (χ4v) is 1.57. The molecule has 0 aliphatic heterocycles. The Labute approximate surface area is 90.3 Å². The van der Waals surface area contributed by atoms with Crippen molar-refractivity contribution < 1.29 is 9.50 Å². The Kier molecular flexibility index (Phi) is 3.64. The van der Waals surface area contributed by atoms with Crippen molar-refractivity contribution in [3.63, 3.8) is 0 Å². The van der Waals surface area contributed by atoms with Gasteiger partial charge in [0.25, 0.3) is 0 Å². The van der Waals surface area contributed by atoms with E-state index >= 15 is 0 Å². The first kappa shape index (κ1) is 11.9. The molecule has 0 bridgehead atoms. The molecule has 2 heteroatoms. The second-order valence-electron chi connectivity index (χ2n) is 4.12. The second-order valence-corrected chi connectivity index (χ2v) is 4.12. The second kappa shape index (κ2) is 4.58. The molecule has 82 valence electrons. The van der Waals surface area contributed by atoms with Crippen LogP contribution in [0.5, 0.6) is 0 Å². The summed E-state index contributed by atoms with van der Waals surface area (Å²) >= 11 is 0. The molecule has 1 aromatic carbocycles. The molecule has 0 aromatic heterocycles. The zero-order valence-corrected chi connectivity index (χ0v) is 9.26. The van der Waals surface area contributed by atoms with Gasteiger partial charge in [-0.05, 0) is 49.9 Å². The molecule has 0 heterocycles. The van der Waals surface area contributed by atoms with Crippen LogP contribution in [0, 0.1) is 12.7 Å². The minimum Gasteiger partial charge on any atom is -0.385 e. The molecule has 0 saturated heterocycles. The molecule has 15 heavy (non-hydrogen) atoms. The number of hydrogen-bond acceptors (Lipinski definition) is 1. The lowest BCUT2D eigenvalue weighted by atomic mass is 9.90. The summed E-state index contributed by atoms with van der Waals surface area (Å²) in [6.45, 7) is 7.12. The van der Waals surface area contributed by atoms with Crippen molar-refractivity contribution in [3.05, 3.63) is 47.8 Å². The highest BCUT2D eigenvalue weighted by Crippen LogP contribution is 2.27. The van der Waals surface area contributed by atoms with Gasteiger partial charge < -0.3 is 5.11 Å². The van der Waals surface area contributed by atoms with Gasteiger partial charge in [0.1, 0.15) is 5.82 Å². The molecule has 1 nitrogen and oxygen atoms in total. The number of halogens is 1. The molecule has 0 aliphatic carbocycles. The summed E-state index contributed by atoms with van der Waals surface area (Å²) in [4.78, 5) is 0. The summed E-state index contributed by atoms with van der Waals surface area (Å²) in [5.41, 5.74) is 0.465. The molecule has 0 fully saturated rings. The average molecular weight is 208 g/mol. The van der Waals surface area contributed by atoms with Gasteiger partial charge in [-0.15, -0.1) is 6.58 Å². The normalized spacial score (nSPS) is 14.7. The maximum atomic E-state index is 13.1. The van der Waals surface area contributed by atoms with E-state index in [1.807, 2.05) is 13.0 Å². The van der Waals surface area contributed by atoms with E-state index in [-0.39, 0.29) is 5.82 Å². The Bertz CT molecular complexity index is 335. The van der Waals surface area contributed by atoms with Crippen LogP contribution in [0.1, 0.15) is 30.9 Å². The first-order valence-electron chi connectivity index (χ1n) is 5.06. The van der Waals surface area contributed by atoms with Crippen LogP contribution in [-0.2, 0) is 5.60 Å². The van der Waals surface area contributed by atoms with Gasteiger partial charge >= 0.3 is 0 Å². The predicted molar refractivity (Wildman–Crippen MR) is 60.1 cm³/mol. The van der Waals surface area contributed by atoms with E-state index in [0.29, 0.717) is 18.4 Å². The fourth-order valence-electron chi connectivity index (χ4n) is 1.57. The lowest BCUT2D eigenvalue weighted by Crippen LogP contribution is -2.21. The van der Waals surface area contributed by atoms with Crippen LogP contribution in [0.15, 0.2) is 30.9 Å². The third-order valence-electron chi connectivity index (χ3n) is 2.50. The molecule has 1 rings (SSSR count). The fraction of sp³-hybridized carbons (Fsp3) is 0.385. The van der Waals surface area contributed by atoms with Crippen LogP contribution >= 0.6 is 0 Å². The smallest absolute Gasteiger partial charge is 0.123 e. The maximum Gasteiger partial charge on any atom is 0.123 e. The van der Waals surface area contributed by atoms with Gasteiger partial charge in [-0.3, -0.25) is 0 Å². The maximum absolute atomic E-state index is 13.1. The van der Waals surface area contributed by atoms with Gasteiger partial charge in [-0.2, -0.15) is 0 Å². The molecular formula is C13H17FO. The zero-order chi connectivity index (χ0) is 11.5. The van der Waals surface area contributed by atoms with Crippen LogP contribution in [-0.4, -0.2) is 5.11 Å². The van der Waals surface area contributed by atoms with E-state index < -0.39 is 5.60 Å². The van der Waals surface area contributed by atoms with Gasteiger partial charge in [-0.25, -0.2) is 4.39 Å². The van der Waals surface area contributed by atoms with E-state index in [1.165, 1.54) is 12.1 Å². The zero-order valence-electron chi connectivity index (χ0n) is 9.26. The van der Waals surface area contributed by atoms with Crippen molar-refractivity contribution in [1.82, 2.24) is 0 Å². The Hall–Kier alpha value is -1.15. The minimum atomic E-state index is -0.985. The average Bonchev–Trinajstić information content (AvgIpc) is 2.13. The van der Waals surface area contributed by atoms with Crippen molar-refractivity contribution >= 4 is 0 Å². The highest BCUT2D eigenvalue weighted by atomic mass is 19.1. The quantitative estimate of drug-likeness (QED) is 0.753. The van der Waals surface area contributed by atoms with Crippen LogP contribution in [0.25, 0.3) is 0 Å². The Balaban J connectivity index is 2.97. The summed E-state index contributed by atoms with van der Waals surface area (Å²) in [5.74, 6) is -0.302. The Morgan fingerprint density at radius 2 is 2.13 bits per heavy atom. The topological polar surface area (TPSA) is 20.2 Å². The third kappa shape index (κ3) is 3.17. The van der Waals surface area contributed by atoms with Crippen molar-refractivity contribution in [1.29, 1.82) is 0 Å². The van der Waals surface area contributed by atoms with Gasteiger partial charge in [0, 0.05) is 0 Å². The van der Waals surface area contributed by atoms with E-state index in [2.05, 4.69) is 6.58 Å². The number of benzene rings is 1. The van der Waals surface area contributed by atoms with E-state index in [1.54, 1.807) is 13.0 Å². The lowest BCUT2D eigenvalue weighted by molar-refractivity contribution is 0.0484. The predicted octanol–water partition coefficient (Wildman–Crippen LogP) is 3.31. The lowest BCUT2D eigenvalue weighted by Gasteiger charge is -2.23. The monoisotopic (exact) mass is 208 g/mol. The number of aryl methyl sites for hydroxylation is 1. The van der Waals surface area contributed by atoms with Crippen LogP contribution in [0.3, 0.4) is 0 Å². The molecule has 1 unspecified atom stereocenters. The summed E-state index contributed by atoms with van der Waals surface area (Å²) in [5, 5.41) is 10.2. The third-order valence-corrected chi connectivity index (χ3v) is 2.50. The molecule has 0 amide bonds. The minimum absolute atomic E-state index is 0.302. The van der Waals surface area contributed by atoms with Crippen LogP contribution in [0.4, 0.5) is 4.39 Å². The first-order chi connectivity index (χ1) is 6.95. The van der Waals surface area contributed by atoms with E-state index in [0.717, 1.165) is 5.56 Å². The number of hydrogen-bond donors (Lipinski definition) is 1. The molecule has 0 spiro atoms. The van der Waals surface area contributed by atoms with E-state index in [9.17, 15) is 9.50 Å². The molecule has 1 N–H and O–H groups in total. The van der Waals surface area contributed by atoms with Gasteiger partial charge in [0.2, 0.25) is 0 Å². The van der Waals surface area contributed by atoms with E-state index in [4.69, 9.17) is 0 Å². The number of allylic oxidation sites excluding steroid dienone is 1. The number of aliphatic hydroxyl groups is 1. The molecular weight excluding hydrogens is 191 g/mol. The largest absolute Gasteiger partial charge is 0.385 e. The van der Waals surface area contributed by atoms with Gasteiger partial charge in [-0.1, -0.05) is 12.1 Å². The van der Waals surface area contributed by atoms with Crippen LogP contribution in [0.2, 0.25) is 0 Å². The van der Waals surface area contributed by atoms with Crippen LogP contribution < -0.4 is 0 Å². The van der Waals surface area contributed by atoms with Crippen molar-refractivity contribution in [3.8, 4) is 0 Å². The molecule has 0 radical (unpaired) electrons. The Morgan fingerprint density at radius 3 is 2.67 bits per heavy atom. The molecule has 1 aromatic rings. The molecule has 1 atom stereocenters. The molecule has 0 aliphatic rings. The Morgan fingerprint density at radius 1 is 1.47 bits per heavy atom.